The van der Waals surface area contributed by atoms with Crippen LogP contribution < -0.4 is 5.32 Å². The summed E-state index contributed by atoms with van der Waals surface area (Å²) in [6.07, 6.45) is 1.70. The fraction of sp³-hybridized carbons (Fsp3) is 0.200. The number of carbonyl (C=O) groups excluding carboxylic acids is 1. The minimum Gasteiger partial charge on any atom is -0.508 e. The fourth-order valence-corrected chi connectivity index (χ4v) is 2.08. The van der Waals surface area contributed by atoms with Gasteiger partial charge in [0.1, 0.15) is 10.9 Å². The van der Waals surface area contributed by atoms with E-state index in [9.17, 15) is 9.90 Å². The second kappa shape index (κ2) is 6.39. The lowest BCUT2D eigenvalue weighted by Gasteiger charge is -2.07. The van der Waals surface area contributed by atoms with Crippen LogP contribution in [-0.4, -0.2) is 16.0 Å². The van der Waals surface area contributed by atoms with Crippen molar-refractivity contribution >= 4 is 23.2 Å². The molecule has 0 aliphatic rings. The molecule has 4 nitrogen and oxygen atoms in total. The van der Waals surface area contributed by atoms with Crippen molar-refractivity contribution in [1.29, 1.82) is 0 Å². The molecule has 104 valence electrons. The molecule has 20 heavy (non-hydrogen) atoms. The van der Waals surface area contributed by atoms with Crippen molar-refractivity contribution in [3.63, 3.8) is 0 Å². The van der Waals surface area contributed by atoms with Crippen molar-refractivity contribution in [2.75, 3.05) is 5.32 Å². The Labute approximate surface area is 122 Å². The molecule has 1 aromatic heterocycles. The molecule has 1 amide bonds. The fourth-order valence-electron chi connectivity index (χ4n) is 1.85. The Bertz CT molecular complexity index is 629. The summed E-state index contributed by atoms with van der Waals surface area (Å²) in [5.41, 5.74) is 1.78. The third-order valence-electron chi connectivity index (χ3n) is 2.72. The van der Waals surface area contributed by atoms with Crippen molar-refractivity contribution in [2.45, 2.75) is 19.8 Å². The number of nitrogens with one attached hydrogen (secondary N) is 1. The maximum absolute atomic E-state index is 12.2. The number of aryl methyl sites for hydroxylation is 1. The first-order valence-corrected chi connectivity index (χ1v) is 6.73. The van der Waals surface area contributed by atoms with Crippen molar-refractivity contribution in [3.8, 4) is 5.75 Å². The Morgan fingerprint density at radius 3 is 2.85 bits per heavy atom. The number of benzene rings is 1. The summed E-state index contributed by atoms with van der Waals surface area (Å²) >= 11 is 5.93. The van der Waals surface area contributed by atoms with Crippen LogP contribution in [0.15, 0.2) is 36.4 Å². The summed E-state index contributed by atoms with van der Waals surface area (Å²) in [6, 6.07) is 9.64. The van der Waals surface area contributed by atoms with Gasteiger partial charge in [0, 0.05) is 23.0 Å². The zero-order valence-electron chi connectivity index (χ0n) is 11.1. The van der Waals surface area contributed by atoms with E-state index in [1.165, 1.54) is 18.2 Å². The summed E-state index contributed by atoms with van der Waals surface area (Å²) in [7, 11) is 0. The topological polar surface area (TPSA) is 62.2 Å². The van der Waals surface area contributed by atoms with Crippen LogP contribution in [0.1, 0.15) is 29.4 Å². The molecule has 0 aliphatic heterocycles. The summed E-state index contributed by atoms with van der Waals surface area (Å²) in [5.74, 6) is -0.181. The van der Waals surface area contributed by atoms with E-state index in [0.717, 1.165) is 18.5 Å². The number of hydrogen-bond acceptors (Lipinski definition) is 3. The Kier molecular flexibility index (Phi) is 4.58. The van der Waals surface area contributed by atoms with Crippen LogP contribution in [0.2, 0.25) is 5.15 Å². The molecular formula is C15H15ClN2O2. The maximum Gasteiger partial charge on any atom is 0.255 e. The maximum atomic E-state index is 12.2. The van der Waals surface area contributed by atoms with E-state index in [1.807, 2.05) is 6.92 Å². The van der Waals surface area contributed by atoms with Crippen LogP contribution in [0.3, 0.4) is 0 Å². The first-order chi connectivity index (χ1) is 9.58. The number of hydrogen-bond donors (Lipinski definition) is 2. The van der Waals surface area contributed by atoms with Gasteiger partial charge in [0.15, 0.2) is 0 Å². The number of nitrogens with zero attached hydrogens (tertiary/aromatic N) is 1. The van der Waals surface area contributed by atoms with Gasteiger partial charge in [0.05, 0.1) is 0 Å². The second-order valence-corrected chi connectivity index (χ2v) is 4.81. The Balaban J connectivity index is 2.20. The highest BCUT2D eigenvalue weighted by molar-refractivity contribution is 6.29. The normalized spacial score (nSPS) is 10.3. The summed E-state index contributed by atoms with van der Waals surface area (Å²) < 4.78 is 0. The van der Waals surface area contributed by atoms with E-state index < -0.39 is 0 Å². The molecule has 0 spiro atoms. The lowest BCUT2D eigenvalue weighted by Crippen LogP contribution is -2.12. The van der Waals surface area contributed by atoms with Gasteiger partial charge >= 0.3 is 0 Å². The van der Waals surface area contributed by atoms with Gasteiger partial charge in [-0.1, -0.05) is 31.0 Å². The minimum atomic E-state index is -0.280. The van der Waals surface area contributed by atoms with Gasteiger partial charge < -0.3 is 10.4 Å². The van der Waals surface area contributed by atoms with Crippen molar-refractivity contribution in [3.05, 3.63) is 52.8 Å². The number of carbonyl (C=O) groups is 1. The van der Waals surface area contributed by atoms with Gasteiger partial charge in [-0.05, 0) is 30.7 Å². The van der Waals surface area contributed by atoms with Gasteiger partial charge in [-0.25, -0.2) is 4.98 Å². The Hall–Kier alpha value is -2.07. The lowest BCUT2D eigenvalue weighted by atomic mass is 10.1. The molecule has 0 radical (unpaired) electrons. The zero-order valence-corrected chi connectivity index (χ0v) is 11.8. The van der Waals surface area contributed by atoms with E-state index in [4.69, 9.17) is 11.6 Å². The monoisotopic (exact) mass is 290 g/mol. The van der Waals surface area contributed by atoms with Crippen molar-refractivity contribution < 1.29 is 9.90 Å². The van der Waals surface area contributed by atoms with Crippen molar-refractivity contribution in [1.82, 2.24) is 4.98 Å². The van der Waals surface area contributed by atoms with Gasteiger partial charge in [-0.15, -0.1) is 0 Å². The molecule has 1 heterocycles. The average molecular weight is 291 g/mol. The van der Waals surface area contributed by atoms with E-state index in [-0.39, 0.29) is 11.7 Å². The van der Waals surface area contributed by atoms with Gasteiger partial charge in [-0.2, -0.15) is 0 Å². The number of pyridine rings is 1. The summed E-state index contributed by atoms with van der Waals surface area (Å²) in [5, 5.41) is 12.4. The SMILES string of the molecule is CCCc1cc(C(=O)Nc2cccc(O)c2)cc(Cl)n1. The number of anilines is 1. The summed E-state index contributed by atoms with van der Waals surface area (Å²) in [4.78, 5) is 16.3. The van der Waals surface area contributed by atoms with Crippen molar-refractivity contribution in [2.24, 2.45) is 0 Å². The highest BCUT2D eigenvalue weighted by Crippen LogP contribution is 2.18. The van der Waals surface area contributed by atoms with Crippen LogP contribution in [0.25, 0.3) is 0 Å². The van der Waals surface area contributed by atoms with Gasteiger partial charge in [-0.3, -0.25) is 4.79 Å². The highest BCUT2D eigenvalue weighted by Gasteiger charge is 2.10. The number of rotatable bonds is 4. The molecule has 0 aliphatic carbocycles. The summed E-state index contributed by atoms with van der Waals surface area (Å²) in [6.45, 7) is 2.04. The third-order valence-corrected chi connectivity index (χ3v) is 2.91. The largest absolute Gasteiger partial charge is 0.508 e. The molecule has 0 fully saturated rings. The minimum absolute atomic E-state index is 0.0993. The van der Waals surface area contributed by atoms with Crippen LogP contribution in [0.5, 0.6) is 5.75 Å². The molecule has 0 bridgehead atoms. The molecule has 2 rings (SSSR count). The highest BCUT2D eigenvalue weighted by atomic mass is 35.5. The molecule has 5 heteroatoms. The van der Waals surface area contributed by atoms with E-state index in [2.05, 4.69) is 10.3 Å². The first kappa shape index (κ1) is 14.3. The van der Waals surface area contributed by atoms with Crippen LogP contribution in [0, 0.1) is 0 Å². The predicted molar refractivity (Wildman–Crippen MR) is 79.3 cm³/mol. The van der Waals surface area contributed by atoms with E-state index >= 15 is 0 Å². The van der Waals surface area contributed by atoms with E-state index in [0.29, 0.717) is 16.4 Å². The van der Waals surface area contributed by atoms with Crippen LogP contribution in [-0.2, 0) is 6.42 Å². The molecule has 1 aromatic carbocycles. The molecule has 2 N–H and O–H groups in total. The van der Waals surface area contributed by atoms with Crippen LogP contribution >= 0.6 is 11.6 Å². The Morgan fingerprint density at radius 1 is 1.35 bits per heavy atom. The number of halogens is 1. The number of aromatic hydroxyl groups is 1. The van der Waals surface area contributed by atoms with Crippen LogP contribution in [0.4, 0.5) is 5.69 Å². The zero-order chi connectivity index (χ0) is 14.5. The number of phenols is 1. The van der Waals surface area contributed by atoms with Gasteiger partial charge in [0.25, 0.3) is 5.91 Å². The molecule has 0 unspecified atom stereocenters. The first-order valence-electron chi connectivity index (χ1n) is 6.35. The standard InChI is InChI=1S/C15H15ClN2O2/c1-2-4-11-7-10(8-14(16)17-11)15(20)18-12-5-3-6-13(19)9-12/h3,5-9,19H,2,4H2,1H3,(H,18,20). The predicted octanol–water partition coefficient (Wildman–Crippen LogP) is 3.65. The second-order valence-electron chi connectivity index (χ2n) is 4.42. The average Bonchev–Trinajstić information content (AvgIpc) is 2.38. The van der Waals surface area contributed by atoms with Gasteiger partial charge in [0.2, 0.25) is 0 Å². The van der Waals surface area contributed by atoms with E-state index in [1.54, 1.807) is 18.2 Å². The Morgan fingerprint density at radius 2 is 2.15 bits per heavy atom. The lowest BCUT2D eigenvalue weighted by molar-refractivity contribution is 0.102. The quantitative estimate of drug-likeness (QED) is 0.845. The number of phenolic OH excluding ortho intramolecular Hbond substituents is 1. The molecular weight excluding hydrogens is 276 g/mol. The number of amides is 1. The third kappa shape index (κ3) is 3.71. The number of aromatic nitrogens is 1. The molecule has 2 aromatic rings. The molecule has 0 saturated heterocycles. The smallest absolute Gasteiger partial charge is 0.255 e. The molecule has 0 atom stereocenters. The molecule has 0 saturated carbocycles.